The average molecular weight is 459 g/mol. The van der Waals surface area contributed by atoms with Gasteiger partial charge in [0.15, 0.2) is 0 Å². The summed E-state index contributed by atoms with van der Waals surface area (Å²) in [7, 11) is 2.70. The minimum absolute atomic E-state index is 0.0626. The first-order valence-corrected chi connectivity index (χ1v) is 10.3. The first kappa shape index (κ1) is 25.5. The van der Waals surface area contributed by atoms with Crippen LogP contribution < -0.4 is 15.4 Å². The van der Waals surface area contributed by atoms with Crippen LogP contribution in [-0.2, 0) is 32.0 Å². The van der Waals surface area contributed by atoms with E-state index in [1.54, 1.807) is 39.0 Å². The average Bonchev–Trinajstić information content (AvgIpc) is 2.76. The molecular weight excluding hydrogens is 428 g/mol. The minimum Gasteiger partial charge on any atom is -0.495 e. The van der Waals surface area contributed by atoms with Gasteiger partial charge in [-0.05, 0) is 44.0 Å². The lowest BCUT2D eigenvalue weighted by atomic mass is 10.0. The normalized spacial score (nSPS) is 11.7. The maximum absolute atomic E-state index is 12.3. The second-order valence-corrected chi connectivity index (χ2v) is 8.15. The molecular formula is C24H30N2O7. The van der Waals surface area contributed by atoms with Gasteiger partial charge in [0.05, 0.1) is 19.9 Å². The molecule has 0 radical (unpaired) electrons. The van der Waals surface area contributed by atoms with Gasteiger partial charge in [-0.25, -0.2) is 14.4 Å². The second-order valence-electron chi connectivity index (χ2n) is 8.15. The van der Waals surface area contributed by atoms with E-state index in [-0.39, 0.29) is 13.0 Å². The number of esters is 1. The molecule has 2 aromatic rings. The number of carbonyl (C=O) groups is 3. The lowest BCUT2D eigenvalue weighted by molar-refractivity contribution is -0.143. The Morgan fingerprint density at radius 3 is 2.24 bits per heavy atom. The first-order chi connectivity index (χ1) is 15.6. The van der Waals surface area contributed by atoms with E-state index in [1.807, 2.05) is 30.3 Å². The van der Waals surface area contributed by atoms with Gasteiger partial charge in [-0.1, -0.05) is 36.4 Å². The molecule has 1 unspecified atom stereocenters. The van der Waals surface area contributed by atoms with Crippen molar-refractivity contribution in [2.24, 2.45) is 0 Å². The summed E-state index contributed by atoms with van der Waals surface area (Å²) in [5, 5.41) is 5.17. The molecule has 0 saturated heterocycles. The van der Waals surface area contributed by atoms with Crippen molar-refractivity contribution >= 4 is 23.8 Å². The maximum Gasteiger partial charge on any atom is 0.412 e. The summed E-state index contributed by atoms with van der Waals surface area (Å²) >= 11 is 0. The number of rotatable bonds is 8. The quantitative estimate of drug-likeness (QED) is 0.453. The fourth-order valence-corrected chi connectivity index (χ4v) is 2.87. The largest absolute Gasteiger partial charge is 0.495 e. The molecule has 1 atom stereocenters. The SMILES string of the molecule is COC(=O)C(Cc1ccc(OC)c(NC(=O)OC(C)(C)C)c1)NC(=O)OCc1ccccc1. The molecule has 33 heavy (non-hydrogen) atoms. The maximum atomic E-state index is 12.3. The van der Waals surface area contributed by atoms with Gasteiger partial charge in [0.25, 0.3) is 0 Å². The van der Waals surface area contributed by atoms with Crippen LogP contribution in [0.2, 0.25) is 0 Å². The molecule has 9 nitrogen and oxygen atoms in total. The zero-order valence-corrected chi connectivity index (χ0v) is 19.5. The number of alkyl carbamates (subject to hydrolysis) is 1. The summed E-state index contributed by atoms with van der Waals surface area (Å²) in [4.78, 5) is 36.7. The molecule has 0 aliphatic carbocycles. The molecule has 178 valence electrons. The van der Waals surface area contributed by atoms with Gasteiger partial charge < -0.3 is 24.3 Å². The van der Waals surface area contributed by atoms with Crippen molar-refractivity contribution in [2.45, 2.75) is 45.4 Å². The van der Waals surface area contributed by atoms with E-state index < -0.39 is 29.8 Å². The monoisotopic (exact) mass is 458 g/mol. The molecule has 0 fully saturated rings. The fraction of sp³-hybridized carbons (Fsp3) is 0.375. The second kappa shape index (κ2) is 11.8. The summed E-state index contributed by atoms with van der Waals surface area (Å²) in [5.41, 5.74) is 1.14. The molecule has 0 bridgehead atoms. The zero-order chi connectivity index (χ0) is 24.4. The van der Waals surface area contributed by atoms with Crippen LogP contribution in [0, 0.1) is 0 Å². The van der Waals surface area contributed by atoms with Gasteiger partial charge in [-0.3, -0.25) is 5.32 Å². The van der Waals surface area contributed by atoms with Crippen molar-refractivity contribution in [2.75, 3.05) is 19.5 Å². The van der Waals surface area contributed by atoms with Crippen LogP contribution >= 0.6 is 0 Å². The Labute approximate surface area is 193 Å². The van der Waals surface area contributed by atoms with Crippen molar-refractivity contribution in [1.29, 1.82) is 0 Å². The van der Waals surface area contributed by atoms with E-state index in [4.69, 9.17) is 18.9 Å². The molecule has 9 heteroatoms. The van der Waals surface area contributed by atoms with Crippen LogP contribution in [0.4, 0.5) is 15.3 Å². The molecule has 0 aliphatic heterocycles. The predicted molar refractivity (Wildman–Crippen MR) is 122 cm³/mol. The molecule has 0 aliphatic rings. The number of hydrogen-bond acceptors (Lipinski definition) is 7. The Kier molecular flexibility index (Phi) is 9.08. The number of methoxy groups -OCH3 is 2. The van der Waals surface area contributed by atoms with E-state index in [0.717, 1.165) is 5.56 Å². The van der Waals surface area contributed by atoms with Gasteiger partial charge in [0.2, 0.25) is 0 Å². The van der Waals surface area contributed by atoms with Crippen LogP contribution in [-0.4, -0.2) is 44.0 Å². The fourth-order valence-electron chi connectivity index (χ4n) is 2.87. The first-order valence-electron chi connectivity index (χ1n) is 10.3. The number of anilines is 1. The van der Waals surface area contributed by atoms with Gasteiger partial charge in [0.1, 0.15) is 24.0 Å². The van der Waals surface area contributed by atoms with Crippen LogP contribution in [0.1, 0.15) is 31.9 Å². The lowest BCUT2D eigenvalue weighted by Gasteiger charge is -2.21. The van der Waals surface area contributed by atoms with Gasteiger partial charge >= 0.3 is 18.2 Å². The molecule has 0 spiro atoms. The van der Waals surface area contributed by atoms with Gasteiger partial charge in [-0.2, -0.15) is 0 Å². The number of ether oxygens (including phenoxy) is 4. The van der Waals surface area contributed by atoms with Crippen molar-refractivity contribution in [3.63, 3.8) is 0 Å². The number of benzene rings is 2. The molecule has 2 amide bonds. The van der Waals surface area contributed by atoms with Crippen LogP contribution in [0.25, 0.3) is 0 Å². The number of nitrogens with one attached hydrogen (secondary N) is 2. The summed E-state index contributed by atoms with van der Waals surface area (Å²) in [6.45, 7) is 5.32. The van der Waals surface area contributed by atoms with Crippen LogP contribution in [0.15, 0.2) is 48.5 Å². The van der Waals surface area contributed by atoms with Crippen molar-refractivity contribution in [3.8, 4) is 5.75 Å². The van der Waals surface area contributed by atoms with Crippen molar-refractivity contribution in [1.82, 2.24) is 5.32 Å². The highest BCUT2D eigenvalue weighted by Gasteiger charge is 2.24. The third kappa shape index (κ3) is 8.72. The molecule has 0 saturated carbocycles. The number of amides is 2. The predicted octanol–water partition coefficient (Wildman–Crippen LogP) is 4.05. The molecule has 0 aromatic heterocycles. The molecule has 2 N–H and O–H groups in total. The van der Waals surface area contributed by atoms with E-state index in [1.165, 1.54) is 14.2 Å². The number of carbonyl (C=O) groups excluding carboxylic acids is 3. The summed E-state index contributed by atoms with van der Waals surface area (Å²) in [6, 6.07) is 13.2. The third-order valence-electron chi connectivity index (χ3n) is 4.33. The molecule has 2 aromatic carbocycles. The van der Waals surface area contributed by atoms with Gasteiger partial charge in [0, 0.05) is 6.42 Å². The van der Waals surface area contributed by atoms with Crippen LogP contribution in [0.3, 0.4) is 0 Å². The Morgan fingerprint density at radius 2 is 1.64 bits per heavy atom. The summed E-state index contributed by atoms with van der Waals surface area (Å²) < 4.78 is 20.6. The topological polar surface area (TPSA) is 112 Å². The Morgan fingerprint density at radius 1 is 0.939 bits per heavy atom. The Balaban J connectivity index is 2.10. The standard InChI is InChI=1S/C24H30N2O7/c1-24(2,3)33-23(29)25-18-13-17(11-12-20(18)30-4)14-19(21(27)31-5)26-22(28)32-15-16-9-7-6-8-10-16/h6-13,19H,14-15H2,1-5H3,(H,25,29)(H,26,28). The van der Waals surface area contributed by atoms with E-state index in [2.05, 4.69) is 10.6 Å². The molecule has 2 rings (SSSR count). The van der Waals surface area contributed by atoms with E-state index in [0.29, 0.717) is 17.0 Å². The smallest absolute Gasteiger partial charge is 0.412 e. The van der Waals surface area contributed by atoms with Crippen molar-refractivity contribution in [3.05, 3.63) is 59.7 Å². The lowest BCUT2D eigenvalue weighted by Crippen LogP contribution is -2.43. The highest BCUT2D eigenvalue weighted by Crippen LogP contribution is 2.27. The summed E-state index contributed by atoms with van der Waals surface area (Å²) in [6.07, 6.45) is -1.31. The zero-order valence-electron chi connectivity index (χ0n) is 19.5. The number of hydrogen-bond donors (Lipinski definition) is 2. The Bertz CT molecular complexity index is 955. The van der Waals surface area contributed by atoms with E-state index >= 15 is 0 Å². The summed E-state index contributed by atoms with van der Waals surface area (Å²) in [5.74, 6) is -0.224. The highest BCUT2D eigenvalue weighted by atomic mass is 16.6. The van der Waals surface area contributed by atoms with Crippen LogP contribution in [0.5, 0.6) is 5.75 Å². The molecule has 0 heterocycles. The van der Waals surface area contributed by atoms with Crippen molar-refractivity contribution < 1.29 is 33.3 Å². The third-order valence-corrected chi connectivity index (χ3v) is 4.33. The van der Waals surface area contributed by atoms with E-state index in [9.17, 15) is 14.4 Å². The minimum atomic E-state index is -0.999. The van der Waals surface area contributed by atoms with Gasteiger partial charge in [-0.15, -0.1) is 0 Å². The Hall–Kier alpha value is -3.75. The highest BCUT2D eigenvalue weighted by molar-refractivity contribution is 5.87.